The van der Waals surface area contributed by atoms with Crippen LogP contribution >= 0.6 is 35.7 Å². The summed E-state index contributed by atoms with van der Waals surface area (Å²) in [4.78, 5) is 19.4. The maximum Gasteiger partial charge on any atom is 0.222 e. The van der Waals surface area contributed by atoms with Crippen molar-refractivity contribution in [2.45, 2.75) is 38.0 Å². The van der Waals surface area contributed by atoms with Crippen molar-refractivity contribution in [2.24, 2.45) is 4.99 Å². The highest BCUT2D eigenvalue weighted by atomic mass is 127. The van der Waals surface area contributed by atoms with Crippen LogP contribution in [0.1, 0.15) is 31.7 Å². The van der Waals surface area contributed by atoms with Crippen molar-refractivity contribution in [1.29, 1.82) is 0 Å². The van der Waals surface area contributed by atoms with E-state index in [1.165, 1.54) is 10.5 Å². The molecule has 1 heterocycles. The van der Waals surface area contributed by atoms with Gasteiger partial charge in [-0.1, -0.05) is 17.7 Å². The Balaban J connectivity index is 0.00000338. The van der Waals surface area contributed by atoms with Crippen molar-refractivity contribution in [3.63, 3.8) is 0 Å². The molecule has 0 aromatic heterocycles. The number of hydrogen-bond donors (Lipinski definition) is 2. The molecule has 2 N–H and O–H groups in total. The minimum Gasteiger partial charge on any atom is -0.357 e. The van der Waals surface area contributed by atoms with Gasteiger partial charge in [-0.25, -0.2) is 0 Å². The summed E-state index contributed by atoms with van der Waals surface area (Å²) in [5, 5.41) is 6.65. The first-order valence-electron chi connectivity index (χ1n) is 9.18. The molecule has 0 aliphatic carbocycles. The Bertz CT molecular complexity index is 565. The molecule has 0 spiro atoms. The average Bonchev–Trinajstić information content (AvgIpc) is 3.02. The van der Waals surface area contributed by atoms with Gasteiger partial charge in [0.05, 0.1) is 0 Å². The zero-order chi connectivity index (χ0) is 17.9. The standard InChI is InChI=1S/C19H30N4OS.HI/c1-3-20-19(21-11-5-14-23-13-4-6-18(23)24)22-12-15-25-17-9-7-16(2)8-10-17;/h7-10H,3-6,11-15H2,1-2H3,(H2,20,21,22);1H. The quantitative estimate of drug-likeness (QED) is 0.184. The summed E-state index contributed by atoms with van der Waals surface area (Å²) in [7, 11) is 0. The van der Waals surface area contributed by atoms with E-state index in [4.69, 9.17) is 0 Å². The molecule has 1 aromatic carbocycles. The maximum atomic E-state index is 11.6. The molecule has 0 saturated carbocycles. The summed E-state index contributed by atoms with van der Waals surface area (Å²) >= 11 is 1.85. The number of nitrogens with zero attached hydrogens (tertiary/aromatic N) is 2. The molecule has 2 rings (SSSR count). The number of hydrogen-bond acceptors (Lipinski definition) is 3. The monoisotopic (exact) mass is 490 g/mol. The van der Waals surface area contributed by atoms with Crippen LogP contribution in [0.5, 0.6) is 0 Å². The first-order valence-corrected chi connectivity index (χ1v) is 10.2. The van der Waals surface area contributed by atoms with Gasteiger partial charge in [0.2, 0.25) is 5.91 Å². The molecule has 0 unspecified atom stereocenters. The third-order valence-electron chi connectivity index (χ3n) is 4.06. The highest BCUT2D eigenvalue weighted by Gasteiger charge is 2.18. The lowest BCUT2D eigenvalue weighted by molar-refractivity contribution is -0.127. The van der Waals surface area contributed by atoms with Crippen molar-refractivity contribution in [2.75, 3.05) is 38.5 Å². The lowest BCUT2D eigenvalue weighted by Crippen LogP contribution is -2.38. The fourth-order valence-corrected chi connectivity index (χ4v) is 3.48. The first-order chi connectivity index (χ1) is 12.2. The molecule has 0 radical (unpaired) electrons. The minimum absolute atomic E-state index is 0. The molecular formula is C19H31IN4OS. The number of likely N-dealkylation sites (tertiary alicyclic amines) is 1. The van der Waals surface area contributed by atoms with E-state index in [0.29, 0.717) is 12.3 Å². The lowest BCUT2D eigenvalue weighted by atomic mass is 10.2. The van der Waals surface area contributed by atoms with E-state index in [1.54, 1.807) is 0 Å². The molecule has 1 aliphatic rings. The van der Waals surface area contributed by atoms with Crippen molar-refractivity contribution in [3.05, 3.63) is 29.8 Å². The number of carbonyl (C=O) groups excluding carboxylic acids is 1. The number of halogens is 1. The highest BCUT2D eigenvalue weighted by Crippen LogP contribution is 2.17. The second-order valence-corrected chi connectivity index (χ2v) is 7.36. The number of rotatable bonds is 9. The molecule has 7 heteroatoms. The van der Waals surface area contributed by atoms with Crippen LogP contribution in [0.15, 0.2) is 34.2 Å². The summed E-state index contributed by atoms with van der Waals surface area (Å²) < 4.78 is 0. The molecule has 0 bridgehead atoms. The smallest absolute Gasteiger partial charge is 0.222 e. The molecule has 1 fully saturated rings. The molecule has 5 nitrogen and oxygen atoms in total. The molecule has 26 heavy (non-hydrogen) atoms. The first kappa shape index (κ1) is 23.1. The fraction of sp³-hybridized carbons (Fsp3) is 0.579. The third kappa shape index (κ3) is 8.62. The van der Waals surface area contributed by atoms with Gasteiger partial charge in [-0.2, -0.15) is 0 Å². The van der Waals surface area contributed by atoms with Gasteiger partial charge < -0.3 is 15.5 Å². The Morgan fingerprint density at radius 3 is 2.69 bits per heavy atom. The van der Waals surface area contributed by atoms with Crippen LogP contribution in [0.4, 0.5) is 0 Å². The van der Waals surface area contributed by atoms with Gasteiger partial charge >= 0.3 is 0 Å². The Morgan fingerprint density at radius 2 is 2.04 bits per heavy atom. The molecular weight excluding hydrogens is 459 g/mol. The van der Waals surface area contributed by atoms with Gasteiger partial charge in [0.25, 0.3) is 0 Å². The number of carbonyl (C=O) groups is 1. The Hall–Kier alpha value is -0.960. The summed E-state index contributed by atoms with van der Waals surface area (Å²) in [6.07, 6.45) is 2.64. The number of thioether (sulfide) groups is 1. The largest absolute Gasteiger partial charge is 0.357 e. The summed E-state index contributed by atoms with van der Waals surface area (Å²) in [6, 6.07) is 8.62. The maximum absolute atomic E-state index is 11.6. The van der Waals surface area contributed by atoms with Crippen molar-refractivity contribution in [3.8, 4) is 0 Å². The summed E-state index contributed by atoms with van der Waals surface area (Å²) in [6.45, 7) is 8.37. The molecule has 0 atom stereocenters. The van der Waals surface area contributed by atoms with Crippen LogP contribution in [0.3, 0.4) is 0 Å². The molecule has 1 saturated heterocycles. The Morgan fingerprint density at radius 1 is 1.27 bits per heavy atom. The lowest BCUT2D eigenvalue weighted by Gasteiger charge is -2.15. The van der Waals surface area contributed by atoms with E-state index >= 15 is 0 Å². The zero-order valence-electron chi connectivity index (χ0n) is 15.8. The van der Waals surface area contributed by atoms with E-state index in [2.05, 4.69) is 53.7 Å². The van der Waals surface area contributed by atoms with Crippen molar-refractivity contribution >= 4 is 47.6 Å². The second-order valence-electron chi connectivity index (χ2n) is 6.19. The summed E-state index contributed by atoms with van der Waals surface area (Å²) in [5.41, 5.74) is 1.29. The highest BCUT2D eigenvalue weighted by molar-refractivity contribution is 14.0. The van der Waals surface area contributed by atoms with E-state index in [0.717, 1.165) is 57.3 Å². The summed E-state index contributed by atoms with van der Waals surface area (Å²) in [5.74, 6) is 2.15. The molecule has 1 amide bonds. The van der Waals surface area contributed by atoms with E-state index < -0.39 is 0 Å². The number of guanidine groups is 1. The minimum atomic E-state index is 0. The van der Waals surface area contributed by atoms with Crippen LogP contribution in [0.25, 0.3) is 0 Å². The van der Waals surface area contributed by atoms with Gasteiger partial charge in [0, 0.05) is 49.8 Å². The van der Waals surface area contributed by atoms with Gasteiger partial charge in [-0.15, -0.1) is 35.7 Å². The molecule has 1 aromatic rings. The second kappa shape index (κ2) is 13.2. The normalized spacial score (nSPS) is 14.3. The fourth-order valence-electron chi connectivity index (χ4n) is 2.71. The topological polar surface area (TPSA) is 56.7 Å². The van der Waals surface area contributed by atoms with Gasteiger partial charge in [0.15, 0.2) is 5.96 Å². The van der Waals surface area contributed by atoms with Crippen LogP contribution in [0, 0.1) is 6.92 Å². The average molecular weight is 490 g/mol. The van der Waals surface area contributed by atoms with Crippen LogP contribution in [-0.2, 0) is 4.79 Å². The van der Waals surface area contributed by atoms with Crippen LogP contribution < -0.4 is 10.6 Å². The Labute approximate surface area is 178 Å². The molecule has 1 aliphatic heterocycles. The van der Waals surface area contributed by atoms with Crippen LogP contribution in [-0.4, -0.2) is 55.2 Å². The Kier molecular flexibility index (Phi) is 11.8. The predicted octanol–water partition coefficient (Wildman–Crippen LogP) is 3.27. The predicted molar refractivity (Wildman–Crippen MR) is 122 cm³/mol. The number of nitrogens with one attached hydrogen (secondary N) is 2. The number of benzene rings is 1. The van der Waals surface area contributed by atoms with E-state index in [1.807, 2.05) is 16.7 Å². The van der Waals surface area contributed by atoms with E-state index in [9.17, 15) is 4.79 Å². The van der Waals surface area contributed by atoms with Gasteiger partial charge in [-0.05, 0) is 38.8 Å². The zero-order valence-corrected chi connectivity index (χ0v) is 18.9. The SMILES string of the molecule is CCNC(=NCCCN1CCCC1=O)NCCSc1ccc(C)cc1.I. The third-order valence-corrected chi connectivity index (χ3v) is 5.07. The van der Waals surface area contributed by atoms with Gasteiger partial charge in [-0.3, -0.25) is 9.79 Å². The number of aryl methyl sites for hydroxylation is 1. The number of aliphatic imine (C=N–C) groups is 1. The molecule has 146 valence electrons. The van der Waals surface area contributed by atoms with Crippen molar-refractivity contribution in [1.82, 2.24) is 15.5 Å². The number of amides is 1. The van der Waals surface area contributed by atoms with E-state index in [-0.39, 0.29) is 24.0 Å². The van der Waals surface area contributed by atoms with Crippen molar-refractivity contribution < 1.29 is 4.79 Å². The van der Waals surface area contributed by atoms with Crippen LogP contribution in [0.2, 0.25) is 0 Å². The van der Waals surface area contributed by atoms with Gasteiger partial charge in [0.1, 0.15) is 0 Å².